The van der Waals surface area contributed by atoms with Gasteiger partial charge >= 0.3 is 5.91 Å². The number of sulfonamides is 1. The fraction of sp³-hybridized carbons (Fsp3) is 0.0833. The number of hydrogen-bond donors (Lipinski definition) is 3. The second-order valence-electron chi connectivity index (χ2n) is 7.56. The third-order valence-electron chi connectivity index (χ3n) is 5.17. The molecule has 4 rings (SSSR count). The molecule has 0 saturated heterocycles. The standard InChI is InChI=1S/C24H20FN3O5S/c1-14-10-11-18(13-20(14)25)34(31,32)28-17-7-5-6-16(12-17)23(29)26-27-24(30)22-15(2)19-8-3-4-9-21(19)33-22/h3-13,28H,1-2H3,(H,26,29)(H,27,30). The Kier molecular flexibility index (Phi) is 6.08. The summed E-state index contributed by atoms with van der Waals surface area (Å²) in [4.78, 5) is 24.8. The minimum atomic E-state index is -4.08. The van der Waals surface area contributed by atoms with E-state index in [1.165, 1.54) is 43.3 Å². The number of anilines is 1. The van der Waals surface area contributed by atoms with Crippen molar-refractivity contribution in [3.05, 3.63) is 95.0 Å². The van der Waals surface area contributed by atoms with Gasteiger partial charge in [-0.25, -0.2) is 12.8 Å². The lowest BCUT2D eigenvalue weighted by Crippen LogP contribution is -2.41. The minimum Gasteiger partial charge on any atom is -0.451 e. The van der Waals surface area contributed by atoms with Gasteiger partial charge in [0.2, 0.25) is 0 Å². The highest BCUT2D eigenvalue weighted by atomic mass is 32.2. The quantitative estimate of drug-likeness (QED) is 0.372. The van der Waals surface area contributed by atoms with Crippen LogP contribution in [-0.4, -0.2) is 20.2 Å². The van der Waals surface area contributed by atoms with E-state index >= 15 is 0 Å². The van der Waals surface area contributed by atoms with Crippen LogP contribution in [0.15, 0.2) is 76.0 Å². The number of furan rings is 1. The van der Waals surface area contributed by atoms with Gasteiger partial charge in [-0.3, -0.25) is 25.2 Å². The van der Waals surface area contributed by atoms with Crippen LogP contribution in [0.25, 0.3) is 11.0 Å². The average Bonchev–Trinajstić information content (AvgIpc) is 3.15. The average molecular weight is 482 g/mol. The zero-order valence-corrected chi connectivity index (χ0v) is 19.0. The number of para-hydroxylation sites is 1. The van der Waals surface area contributed by atoms with Crippen LogP contribution in [0.2, 0.25) is 0 Å². The van der Waals surface area contributed by atoms with Gasteiger partial charge in [0, 0.05) is 22.2 Å². The molecule has 3 aromatic carbocycles. The molecule has 0 spiro atoms. The van der Waals surface area contributed by atoms with Gasteiger partial charge in [-0.15, -0.1) is 0 Å². The predicted octanol–water partition coefficient (Wildman–Crippen LogP) is 4.06. The number of halogens is 1. The molecule has 174 valence electrons. The van der Waals surface area contributed by atoms with Crippen molar-refractivity contribution < 1.29 is 26.8 Å². The zero-order chi connectivity index (χ0) is 24.5. The molecule has 0 bridgehead atoms. The highest BCUT2D eigenvalue weighted by Crippen LogP contribution is 2.24. The zero-order valence-electron chi connectivity index (χ0n) is 18.2. The highest BCUT2D eigenvalue weighted by molar-refractivity contribution is 7.92. The van der Waals surface area contributed by atoms with Gasteiger partial charge in [-0.1, -0.05) is 30.3 Å². The van der Waals surface area contributed by atoms with E-state index in [1.54, 1.807) is 19.1 Å². The number of hydrazine groups is 1. The number of benzene rings is 3. The second-order valence-corrected chi connectivity index (χ2v) is 9.24. The Bertz CT molecular complexity index is 1530. The molecule has 2 amide bonds. The van der Waals surface area contributed by atoms with E-state index < -0.39 is 27.7 Å². The molecular weight excluding hydrogens is 461 g/mol. The Balaban J connectivity index is 1.45. The number of amides is 2. The first kappa shape index (κ1) is 23.0. The van der Waals surface area contributed by atoms with Crippen LogP contribution in [0.4, 0.5) is 10.1 Å². The SMILES string of the molecule is Cc1ccc(S(=O)(=O)Nc2cccc(C(=O)NNC(=O)c3oc4ccccc4c3C)c2)cc1F. The molecule has 0 radical (unpaired) electrons. The lowest BCUT2D eigenvalue weighted by molar-refractivity contribution is 0.0831. The molecule has 0 fully saturated rings. The van der Waals surface area contributed by atoms with Gasteiger partial charge in [0.1, 0.15) is 11.4 Å². The molecule has 1 aromatic heterocycles. The smallest absolute Gasteiger partial charge is 0.305 e. The van der Waals surface area contributed by atoms with Crippen molar-refractivity contribution >= 4 is 38.5 Å². The molecule has 8 nitrogen and oxygen atoms in total. The first-order chi connectivity index (χ1) is 16.2. The summed E-state index contributed by atoms with van der Waals surface area (Å²) in [6.07, 6.45) is 0. The Morgan fingerprint density at radius 1 is 0.882 bits per heavy atom. The van der Waals surface area contributed by atoms with Crippen molar-refractivity contribution in [1.29, 1.82) is 0 Å². The number of rotatable bonds is 5. The van der Waals surface area contributed by atoms with E-state index in [0.29, 0.717) is 16.7 Å². The van der Waals surface area contributed by atoms with Gasteiger partial charge in [0.25, 0.3) is 15.9 Å². The fourth-order valence-corrected chi connectivity index (χ4v) is 4.37. The third-order valence-corrected chi connectivity index (χ3v) is 6.55. The van der Waals surface area contributed by atoms with E-state index in [2.05, 4.69) is 15.6 Å². The number of aryl methyl sites for hydroxylation is 2. The number of nitrogens with one attached hydrogen (secondary N) is 3. The summed E-state index contributed by atoms with van der Waals surface area (Å²) in [6, 6.07) is 16.4. The minimum absolute atomic E-state index is 0.0633. The summed E-state index contributed by atoms with van der Waals surface area (Å²) in [5.41, 5.74) is 6.24. The predicted molar refractivity (Wildman–Crippen MR) is 124 cm³/mol. The topological polar surface area (TPSA) is 118 Å². The normalized spacial score (nSPS) is 11.3. The summed E-state index contributed by atoms with van der Waals surface area (Å²) in [6.45, 7) is 3.26. The molecule has 34 heavy (non-hydrogen) atoms. The Morgan fingerprint density at radius 3 is 2.35 bits per heavy atom. The second kappa shape index (κ2) is 8.99. The summed E-state index contributed by atoms with van der Waals surface area (Å²) < 4.78 is 46.8. The molecule has 0 atom stereocenters. The summed E-state index contributed by atoms with van der Waals surface area (Å²) in [5.74, 6) is -1.90. The Morgan fingerprint density at radius 2 is 1.62 bits per heavy atom. The molecule has 0 saturated carbocycles. The molecule has 0 aliphatic rings. The third kappa shape index (κ3) is 4.62. The lowest BCUT2D eigenvalue weighted by Gasteiger charge is -2.11. The van der Waals surface area contributed by atoms with E-state index in [9.17, 15) is 22.4 Å². The Hall–Kier alpha value is -4.18. The van der Waals surface area contributed by atoms with E-state index in [-0.39, 0.29) is 21.9 Å². The first-order valence-electron chi connectivity index (χ1n) is 10.1. The maximum atomic E-state index is 13.8. The van der Waals surface area contributed by atoms with Crippen molar-refractivity contribution in [3.63, 3.8) is 0 Å². The first-order valence-corrected chi connectivity index (χ1v) is 11.6. The van der Waals surface area contributed by atoms with Crippen molar-refractivity contribution in [2.45, 2.75) is 18.7 Å². The van der Waals surface area contributed by atoms with Crippen LogP contribution in [0, 0.1) is 19.7 Å². The molecule has 0 aliphatic heterocycles. The molecule has 0 aliphatic carbocycles. The van der Waals surface area contributed by atoms with Gasteiger partial charge < -0.3 is 4.42 Å². The molecule has 0 unspecified atom stereocenters. The Labute approximate surface area is 194 Å². The van der Waals surface area contributed by atoms with Crippen LogP contribution >= 0.6 is 0 Å². The monoisotopic (exact) mass is 481 g/mol. The largest absolute Gasteiger partial charge is 0.451 e. The van der Waals surface area contributed by atoms with E-state index in [4.69, 9.17) is 4.42 Å². The summed E-state index contributed by atoms with van der Waals surface area (Å²) in [7, 11) is -4.08. The number of hydrogen-bond acceptors (Lipinski definition) is 5. The van der Waals surface area contributed by atoms with Crippen molar-refractivity contribution in [2.75, 3.05) is 4.72 Å². The van der Waals surface area contributed by atoms with E-state index in [0.717, 1.165) is 11.5 Å². The van der Waals surface area contributed by atoms with Crippen LogP contribution in [0.1, 0.15) is 32.0 Å². The van der Waals surface area contributed by atoms with Gasteiger partial charge in [0.05, 0.1) is 4.90 Å². The van der Waals surface area contributed by atoms with Crippen molar-refractivity contribution in [3.8, 4) is 0 Å². The van der Waals surface area contributed by atoms with Crippen molar-refractivity contribution in [1.82, 2.24) is 10.9 Å². The molecule has 1 heterocycles. The number of carbonyl (C=O) groups is 2. The molecule has 4 aromatic rings. The van der Waals surface area contributed by atoms with Gasteiger partial charge in [-0.2, -0.15) is 0 Å². The highest BCUT2D eigenvalue weighted by Gasteiger charge is 2.19. The van der Waals surface area contributed by atoms with Crippen LogP contribution in [-0.2, 0) is 10.0 Å². The maximum absolute atomic E-state index is 13.8. The van der Waals surface area contributed by atoms with Crippen LogP contribution in [0.5, 0.6) is 0 Å². The molecule has 3 N–H and O–H groups in total. The summed E-state index contributed by atoms with van der Waals surface area (Å²) >= 11 is 0. The van der Waals surface area contributed by atoms with Crippen LogP contribution < -0.4 is 15.6 Å². The molecule has 10 heteroatoms. The van der Waals surface area contributed by atoms with Gasteiger partial charge in [-0.05, 0) is 55.8 Å². The number of carbonyl (C=O) groups excluding carboxylic acids is 2. The maximum Gasteiger partial charge on any atom is 0.305 e. The summed E-state index contributed by atoms with van der Waals surface area (Å²) in [5, 5.41) is 0.785. The van der Waals surface area contributed by atoms with Gasteiger partial charge in [0.15, 0.2) is 5.76 Å². The van der Waals surface area contributed by atoms with E-state index in [1.807, 2.05) is 12.1 Å². The fourth-order valence-electron chi connectivity index (χ4n) is 3.31. The number of fused-ring (bicyclic) bond motifs is 1. The molecular formula is C24H20FN3O5S. The van der Waals surface area contributed by atoms with Crippen LogP contribution in [0.3, 0.4) is 0 Å². The van der Waals surface area contributed by atoms with Crippen molar-refractivity contribution in [2.24, 2.45) is 0 Å². The lowest BCUT2D eigenvalue weighted by atomic mass is 10.1.